The SMILES string of the molecule is CC[n+]1ccn(CCN)c1.[Cl-]. The first-order chi connectivity index (χ1) is 4.86. The molecule has 64 valence electrons. The molecule has 0 aliphatic heterocycles. The highest BCUT2D eigenvalue weighted by molar-refractivity contribution is 4.65. The van der Waals surface area contributed by atoms with Crippen LogP contribution in [0, 0.1) is 0 Å². The average Bonchev–Trinajstić information content (AvgIpc) is 2.37. The third kappa shape index (κ3) is 2.91. The third-order valence-corrected chi connectivity index (χ3v) is 1.50. The van der Waals surface area contributed by atoms with Gasteiger partial charge in [-0.2, -0.15) is 0 Å². The topological polar surface area (TPSA) is 34.8 Å². The lowest BCUT2D eigenvalue weighted by atomic mass is 10.6. The number of aromatic nitrogens is 2. The molecular weight excluding hydrogens is 162 g/mol. The van der Waals surface area contributed by atoms with Crippen molar-refractivity contribution in [1.29, 1.82) is 0 Å². The Bertz CT molecular complexity index is 197. The van der Waals surface area contributed by atoms with Crippen molar-refractivity contribution in [2.45, 2.75) is 20.0 Å². The maximum atomic E-state index is 5.38. The summed E-state index contributed by atoms with van der Waals surface area (Å²) in [6.07, 6.45) is 6.15. The second kappa shape index (κ2) is 5.16. The summed E-state index contributed by atoms with van der Waals surface area (Å²) < 4.78 is 4.21. The predicted octanol–water partition coefficient (Wildman–Crippen LogP) is -3.24. The molecule has 0 bridgehead atoms. The number of nitrogens with two attached hydrogens (primary N) is 1. The van der Waals surface area contributed by atoms with E-state index in [2.05, 4.69) is 28.6 Å². The monoisotopic (exact) mass is 175 g/mol. The van der Waals surface area contributed by atoms with Crippen molar-refractivity contribution in [3.05, 3.63) is 18.7 Å². The number of aryl methyl sites for hydroxylation is 1. The van der Waals surface area contributed by atoms with Gasteiger partial charge in [-0.3, -0.25) is 0 Å². The van der Waals surface area contributed by atoms with Crippen LogP contribution in [-0.2, 0) is 13.1 Å². The lowest BCUT2D eigenvalue weighted by Crippen LogP contribution is -3.00. The molecule has 0 amide bonds. The summed E-state index contributed by atoms with van der Waals surface area (Å²) in [5.41, 5.74) is 5.38. The number of hydrogen-bond acceptors (Lipinski definition) is 1. The highest BCUT2D eigenvalue weighted by Crippen LogP contribution is 1.81. The minimum absolute atomic E-state index is 0. The number of rotatable bonds is 3. The van der Waals surface area contributed by atoms with Gasteiger partial charge in [-0.25, -0.2) is 9.13 Å². The Kier molecular flexibility index (Phi) is 4.90. The van der Waals surface area contributed by atoms with Gasteiger partial charge in [0.1, 0.15) is 18.9 Å². The van der Waals surface area contributed by atoms with Crippen LogP contribution in [-0.4, -0.2) is 11.1 Å². The van der Waals surface area contributed by atoms with E-state index in [1.807, 2.05) is 6.20 Å². The van der Waals surface area contributed by atoms with Gasteiger partial charge in [0.15, 0.2) is 0 Å². The van der Waals surface area contributed by atoms with E-state index in [-0.39, 0.29) is 12.4 Å². The summed E-state index contributed by atoms with van der Waals surface area (Å²) in [6.45, 7) is 4.76. The van der Waals surface area contributed by atoms with E-state index in [4.69, 9.17) is 5.73 Å². The highest BCUT2D eigenvalue weighted by atomic mass is 35.5. The Morgan fingerprint density at radius 1 is 1.55 bits per heavy atom. The molecule has 1 aromatic rings. The van der Waals surface area contributed by atoms with Gasteiger partial charge in [-0.05, 0) is 6.92 Å². The van der Waals surface area contributed by atoms with E-state index < -0.39 is 0 Å². The summed E-state index contributed by atoms with van der Waals surface area (Å²) in [5, 5.41) is 0. The van der Waals surface area contributed by atoms with Crippen LogP contribution in [0.2, 0.25) is 0 Å². The summed E-state index contributed by atoms with van der Waals surface area (Å²) >= 11 is 0. The standard InChI is InChI=1S/C7H14N3.ClH/c1-2-9-5-6-10(7-9)4-3-8;/h5-7H,2-4,8H2,1H3;1H/q+1;/p-1. The largest absolute Gasteiger partial charge is 1.00 e. The molecule has 1 aromatic heterocycles. The molecule has 0 saturated carbocycles. The quantitative estimate of drug-likeness (QED) is 0.482. The molecule has 0 radical (unpaired) electrons. The molecular formula is C7H14ClN3. The van der Waals surface area contributed by atoms with Crippen LogP contribution in [0.15, 0.2) is 18.7 Å². The van der Waals surface area contributed by atoms with Gasteiger partial charge in [0, 0.05) is 6.54 Å². The Balaban J connectivity index is 0.000001000. The van der Waals surface area contributed by atoms with Gasteiger partial charge < -0.3 is 18.1 Å². The van der Waals surface area contributed by atoms with E-state index in [9.17, 15) is 0 Å². The van der Waals surface area contributed by atoms with Gasteiger partial charge in [-0.1, -0.05) is 0 Å². The number of imidazole rings is 1. The second-order valence-corrected chi connectivity index (χ2v) is 2.27. The molecule has 0 saturated heterocycles. The Morgan fingerprint density at radius 2 is 2.27 bits per heavy atom. The molecule has 0 spiro atoms. The number of halogens is 1. The van der Waals surface area contributed by atoms with Crippen molar-refractivity contribution in [3.8, 4) is 0 Å². The minimum Gasteiger partial charge on any atom is -1.00 e. The predicted molar refractivity (Wildman–Crippen MR) is 39.4 cm³/mol. The fourth-order valence-electron chi connectivity index (χ4n) is 0.907. The summed E-state index contributed by atoms with van der Waals surface area (Å²) in [6, 6.07) is 0. The third-order valence-electron chi connectivity index (χ3n) is 1.50. The zero-order valence-corrected chi connectivity index (χ0v) is 7.46. The zero-order valence-electron chi connectivity index (χ0n) is 6.70. The van der Waals surface area contributed by atoms with E-state index in [1.165, 1.54) is 0 Å². The summed E-state index contributed by atoms with van der Waals surface area (Å²) in [5.74, 6) is 0. The van der Waals surface area contributed by atoms with Crippen molar-refractivity contribution >= 4 is 0 Å². The first kappa shape index (κ1) is 10.5. The van der Waals surface area contributed by atoms with E-state index in [0.717, 1.165) is 13.1 Å². The molecule has 3 nitrogen and oxygen atoms in total. The lowest BCUT2D eigenvalue weighted by molar-refractivity contribution is -0.693. The molecule has 0 fully saturated rings. The van der Waals surface area contributed by atoms with Crippen molar-refractivity contribution in [1.82, 2.24) is 4.57 Å². The first-order valence-electron chi connectivity index (χ1n) is 3.61. The van der Waals surface area contributed by atoms with Gasteiger partial charge in [0.05, 0.1) is 6.54 Å². The van der Waals surface area contributed by atoms with Gasteiger partial charge in [0.2, 0.25) is 6.33 Å². The van der Waals surface area contributed by atoms with Crippen LogP contribution in [0.1, 0.15) is 6.92 Å². The van der Waals surface area contributed by atoms with Crippen molar-refractivity contribution in [2.75, 3.05) is 6.54 Å². The maximum absolute atomic E-state index is 5.38. The Morgan fingerprint density at radius 3 is 2.73 bits per heavy atom. The molecule has 0 atom stereocenters. The fraction of sp³-hybridized carbons (Fsp3) is 0.571. The molecule has 11 heavy (non-hydrogen) atoms. The molecule has 0 aromatic carbocycles. The zero-order chi connectivity index (χ0) is 7.40. The average molecular weight is 176 g/mol. The van der Waals surface area contributed by atoms with Gasteiger partial charge >= 0.3 is 0 Å². The Hall–Kier alpha value is -0.540. The van der Waals surface area contributed by atoms with Crippen LogP contribution in [0.25, 0.3) is 0 Å². The van der Waals surface area contributed by atoms with Crippen LogP contribution in [0.5, 0.6) is 0 Å². The second-order valence-electron chi connectivity index (χ2n) is 2.27. The van der Waals surface area contributed by atoms with E-state index in [1.54, 1.807) is 0 Å². The lowest BCUT2D eigenvalue weighted by Gasteiger charge is -1.88. The van der Waals surface area contributed by atoms with E-state index in [0.29, 0.717) is 6.54 Å². The molecule has 1 heterocycles. The van der Waals surface area contributed by atoms with Gasteiger partial charge in [0.25, 0.3) is 0 Å². The van der Waals surface area contributed by atoms with Crippen LogP contribution >= 0.6 is 0 Å². The molecule has 1 rings (SSSR count). The number of nitrogens with zero attached hydrogens (tertiary/aromatic N) is 2. The van der Waals surface area contributed by atoms with Crippen molar-refractivity contribution in [3.63, 3.8) is 0 Å². The molecule has 4 heteroatoms. The molecule has 2 N–H and O–H groups in total. The Labute approximate surface area is 73.2 Å². The fourth-order valence-corrected chi connectivity index (χ4v) is 0.907. The van der Waals surface area contributed by atoms with Gasteiger partial charge in [-0.15, -0.1) is 0 Å². The minimum atomic E-state index is 0. The summed E-state index contributed by atoms with van der Waals surface area (Å²) in [4.78, 5) is 0. The normalized spacial score (nSPS) is 9.27. The smallest absolute Gasteiger partial charge is 0.243 e. The van der Waals surface area contributed by atoms with Crippen LogP contribution in [0.4, 0.5) is 0 Å². The molecule has 0 aliphatic rings. The number of hydrogen-bond donors (Lipinski definition) is 1. The van der Waals surface area contributed by atoms with Crippen LogP contribution < -0.4 is 22.7 Å². The van der Waals surface area contributed by atoms with E-state index >= 15 is 0 Å². The first-order valence-corrected chi connectivity index (χ1v) is 3.61. The highest BCUT2D eigenvalue weighted by Gasteiger charge is 1.97. The summed E-state index contributed by atoms with van der Waals surface area (Å²) in [7, 11) is 0. The van der Waals surface area contributed by atoms with Crippen molar-refractivity contribution in [2.24, 2.45) is 5.73 Å². The molecule has 0 unspecified atom stereocenters. The van der Waals surface area contributed by atoms with Crippen LogP contribution in [0.3, 0.4) is 0 Å². The molecule has 0 aliphatic carbocycles. The van der Waals surface area contributed by atoms with Crippen molar-refractivity contribution < 1.29 is 17.0 Å². The maximum Gasteiger partial charge on any atom is 0.243 e.